The number of amides is 1. The lowest BCUT2D eigenvalue weighted by atomic mass is 9.79. The molecular formula is C19H27NO3. The van der Waals surface area contributed by atoms with Crippen LogP contribution in [0.1, 0.15) is 50.7 Å². The molecule has 0 spiro atoms. The van der Waals surface area contributed by atoms with Crippen LogP contribution in [0, 0.1) is 5.92 Å². The van der Waals surface area contributed by atoms with Crippen molar-refractivity contribution in [3.63, 3.8) is 0 Å². The molecule has 3 unspecified atom stereocenters. The van der Waals surface area contributed by atoms with Crippen molar-refractivity contribution in [2.24, 2.45) is 5.92 Å². The number of ether oxygens (including phenoxy) is 1. The van der Waals surface area contributed by atoms with Crippen molar-refractivity contribution in [3.8, 4) is 0 Å². The lowest BCUT2D eigenvalue weighted by molar-refractivity contribution is -0.134. The molecule has 2 N–H and O–H groups in total. The maximum Gasteiger partial charge on any atom is 0.223 e. The molecule has 1 aliphatic heterocycles. The van der Waals surface area contributed by atoms with Gasteiger partial charge in [-0.05, 0) is 57.1 Å². The topological polar surface area (TPSA) is 58.6 Å². The van der Waals surface area contributed by atoms with E-state index >= 15 is 0 Å². The Morgan fingerprint density at radius 1 is 1.30 bits per heavy atom. The van der Waals surface area contributed by atoms with Gasteiger partial charge in [-0.1, -0.05) is 24.3 Å². The molecular weight excluding hydrogens is 290 g/mol. The third-order valence-electron chi connectivity index (χ3n) is 5.18. The second-order valence-corrected chi connectivity index (χ2v) is 7.19. The molecule has 1 amide bonds. The van der Waals surface area contributed by atoms with Crippen LogP contribution in [-0.2, 0) is 21.6 Å². The Bertz CT molecular complexity index is 563. The van der Waals surface area contributed by atoms with Crippen LogP contribution >= 0.6 is 0 Å². The summed E-state index contributed by atoms with van der Waals surface area (Å²) in [7, 11) is 0. The summed E-state index contributed by atoms with van der Waals surface area (Å²) in [4.78, 5) is 12.5. The molecule has 23 heavy (non-hydrogen) atoms. The summed E-state index contributed by atoms with van der Waals surface area (Å²) in [5.41, 5.74) is 1.23. The van der Waals surface area contributed by atoms with Gasteiger partial charge in [0.2, 0.25) is 5.91 Å². The van der Waals surface area contributed by atoms with Crippen molar-refractivity contribution >= 4 is 5.91 Å². The molecule has 1 fully saturated rings. The average molecular weight is 317 g/mol. The minimum absolute atomic E-state index is 0.0174. The van der Waals surface area contributed by atoms with Gasteiger partial charge in [0.15, 0.2) is 0 Å². The van der Waals surface area contributed by atoms with Crippen LogP contribution in [0.5, 0.6) is 0 Å². The van der Waals surface area contributed by atoms with Crippen molar-refractivity contribution in [1.29, 1.82) is 0 Å². The molecule has 3 atom stereocenters. The van der Waals surface area contributed by atoms with Crippen molar-refractivity contribution < 1.29 is 14.6 Å². The van der Waals surface area contributed by atoms with E-state index in [0.29, 0.717) is 13.0 Å². The van der Waals surface area contributed by atoms with E-state index in [1.54, 1.807) is 0 Å². The monoisotopic (exact) mass is 317 g/mol. The van der Waals surface area contributed by atoms with E-state index in [4.69, 9.17) is 4.74 Å². The number of carbonyl (C=O) groups excluding carboxylic acids is 1. The van der Waals surface area contributed by atoms with E-state index in [9.17, 15) is 9.90 Å². The molecule has 0 bridgehead atoms. The van der Waals surface area contributed by atoms with Crippen LogP contribution in [0.3, 0.4) is 0 Å². The van der Waals surface area contributed by atoms with Crippen molar-refractivity contribution in [2.45, 2.75) is 63.8 Å². The number of fused-ring (bicyclic) bond motifs is 1. The highest BCUT2D eigenvalue weighted by molar-refractivity contribution is 5.79. The van der Waals surface area contributed by atoms with Gasteiger partial charge in [-0.25, -0.2) is 0 Å². The number of rotatable bonds is 3. The van der Waals surface area contributed by atoms with Gasteiger partial charge in [-0.15, -0.1) is 0 Å². The van der Waals surface area contributed by atoms with E-state index in [1.165, 1.54) is 5.56 Å². The van der Waals surface area contributed by atoms with E-state index in [0.717, 1.165) is 31.2 Å². The summed E-state index contributed by atoms with van der Waals surface area (Å²) >= 11 is 0. The Morgan fingerprint density at radius 3 is 2.74 bits per heavy atom. The van der Waals surface area contributed by atoms with E-state index in [1.807, 2.05) is 32.0 Å². The first-order chi connectivity index (χ1) is 11.0. The highest BCUT2D eigenvalue weighted by Crippen LogP contribution is 2.35. The number of carbonyl (C=O) groups is 1. The highest BCUT2D eigenvalue weighted by atomic mass is 16.5. The molecule has 1 saturated heterocycles. The molecule has 0 saturated carbocycles. The Kier molecular flexibility index (Phi) is 4.74. The molecule has 3 rings (SSSR count). The molecule has 2 aliphatic rings. The number of aliphatic hydroxyl groups is 1. The summed E-state index contributed by atoms with van der Waals surface area (Å²) < 4.78 is 5.70. The number of nitrogens with one attached hydrogen (secondary N) is 1. The molecule has 126 valence electrons. The summed E-state index contributed by atoms with van der Waals surface area (Å²) in [6, 6.07) is 8.02. The first kappa shape index (κ1) is 16.5. The zero-order valence-electron chi connectivity index (χ0n) is 14.0. The molecule has 4 heteroatoms. The van der Waals surface area contributed by atoms with Crippen molar-refractivity contribution in [2.75, 3.05) is 6.54 Å². The largest absolute Gasteiger partial charge is 0.383 e. The van der Waals surface area contributed by atoms with E-state index in [2.05, 4.69) is 11.4 Å². The summed E-state index contributed by atoms with van der Waals surface area (Å²) in [6.07, 6.45) is 4.40. The normalized spacial score (nSPS) is 33.8. The van der Waals surface area contributed by atoms with Gasteiger partial charge in [0, 0.05) is 5.92 Å². The van der Waals surface area contributed by atoms with Gasteiger partial charge in [-0.2, -0.15) is 0 Å². The first-order valence-electron chi connectivity index (χ1n) is 8.72. The summed E-state index contributed by atoms with van der Waals surface area (Å²) in [5.74, 6) is 0.0275. The van der Waals surface area contributed by atoms with Crippen LogP contribution in [0.4, 0.5) is 0 Å². The van der Waals surface area contributed by atoms with Crippen molar-refractivity contribution in [3.05, 3.63) is 35.4 Å². The lowest BCUT2D eigenvalue weighted by Gasteiger charge is -2.36. The van der Waals surface area contributed by atoms with Crippen LogP contribution in [-0.4, -0.2) is 29.8 Å². The van der Waals surface area contributed by atoms with E-state index in [-0.39, 0.29) is 24.0 Å². The van der Waals surface area contributed by atoms with Crippen LogP contribution < -0.4 is 5.32 Å². The smallest absolute Gasteiger partial charge is 0.223 e. The predicted molar refractivity (Wildman–Crippen MR) is 89.0 cm³/mol. The molecule has 1 aromatic carbocycles. The Morgan fingerprint density at radius 2 is 2.00 bits per heavy atom. The fraction of sp³-hybridized carbons (Fsp3) is 0.632. The zero-order valence-corrected chi connectivity index (χ0v) is 14.0. The average Bonchev–Trinajstić information content (AvgIpc) is 2.52. The number of hydrogen-bond acceptors (Lipinski definition) is 3. The second kappa shape index (κ2) is 6.62. The number of hydrogen-bond donors (Lipinski definition) is 2. The molecule has 1 heterocycles. The minimum Gasteiger partial charge on any atom is -0.383 e. The van der Waals surface area contributed by atoms with Gasteiger partial charge in [0.1, 0.15) is 5.60 Å². The van der Waals surface area contributed by atoms with Gasteiger partial charge in [0.05, 0.1) is 18.8 Å². The fourth-order valence-corrected chi connectivity index (χ4v) is 4.08. The SMILES string of the molecule is CC1CC(C(=O)NCC2(O)CCCc3ccccc32)CC(C)O1. The molecule has 1 aliphatic carbocycles. The standard InChI is InChI=1S/C19H27NO3/c1-13-10-16(11-14(2)23-13)18(21)20-12-19(22)9-5-7-15-6-3-4-8-17(15)19/h3-4,6,8,13-14,16,22H,5,7,9-12H2,1-2H3,(H,20,21). The van der Waals surface area contributed by atoms with Crippen molar-refractivity contribution in [1.82, 2.24) is 5.32 Å². The maximum atomic E-state index is 12.5. The predicted octanol–water partition coefficient (Wildman–Crippen LogP) is 2.53. The Labute approximate surface area is 138 Å². The van der Waals surface area contributed by atoms with Crippen LogP contribution in [0.2, 0.25) is 0 Å². The van der Waals surface area contributed by atoms with Gasteiger partial charge in [-0.3, -0.25) is 4.79 Å². The number of benzene rings is 1. The first-order valence-corrected chi connectivity index (χ1v) is 8.72. The molecule has 4 nitrogen and oxygen atoms in total. The molecule has 1 aromatic rings. The molecule has 0 radical (unpaired) electrons. The highest BCUT2D eigenvalue weighted by Gasteiger charge is 2.36. The lowest BCUT2D eigenvalue weighted by Crippen LogP contribution is -2.46. The van der Waals surface area contributed by atoms with E-state index < -0.39 is 5.60 Å². The van der Waals surface area contributed by atoms with Gasteiger partial charge >= 0.3 is 0 Å². The molecule has 0 aromatic heterocycles. The third-order valence-corrected chi connectivity index (χ3v) is 5.18. The Hall–Kier alpha value is -1.39. The van der Waals surface area contributed by atoms with Crippen LogP contribution in [0.15, 0.2) is 24.3 Å². The zero-order chi connectivity index (χ0) is 16.4. The third kappa shape index (κ3) is 3.59. The Balaban J connectivity index is 1.65. The van der Waals surface area contributed by atoms with Gasteiger partial charge in [0.25, 0.3) is 0 Å². The summed E-state index contributed by atoms with van der Waals surface area (Å²) in [5, 5.41) is 14.0. The maximum absolute atomic E-state index is 12.5. The quantitative estimate of drug-likeness (QED) is 0.900. The fourth-order valence-electron chi connectivity index (χ4n) is 4.08. The van der Waals surface area contributed by atoms with Crippen LogP contribution in [0.25, 0.3) is 0 Å². The second-order valence-electron chi connectivity index (χ2n) is 7.19. The van der Waals surface area contributed by atoms with Gasteiger partial charge < -0.3 is 15.2 Å². The minimum atomic E-state index is -0.938. The summed E-state index contributed by atoms with van der Waals surface area (Å²) in [6.45, 7) is 4.32. The number of aryl methyl sites for hydroxylation is 1.